The Kier molecular flexibility index (Phi) is 6.77. The topological polar surface area (TPSA) is 67.2 Å². The third kappa shape index (κ3) is 4.95. The summed E-state index contributed by atoms with van der Waals surface area (Å²) in [5, 5.41) is 9.57. The molecule has 0 spiro atoms. The molecule has 2 aromatic heterocycles. The normalized spacial score (nSPS) is 10.7. The second-order valence-corrected chi connectivity index (χ2v) is 8.24. The summed E-state index contributed by atoms with van der Waals surface area (Å²) in [6.45, 7) is 2.72. The minimum Gasteiger partial charge on any atom is -0.350 e. The van der Waals surface area contributed by atoms with E-state index in [1.165, 1.54) is 4.90 Å². The van der Waals surface area contributed by atoms with Crippen LogP contribution in [0.15, 0.2) is 84.2 Å². The number of nitrogens with one attached hydrogen (secondary N) is 1. The van der Waals surface area contributed by atoms with E-state index < -0.39 is 0 Å². The number of carbonyl (C=O) groups is 2. The minimum atomic E-state index is -0.239. The zero-order chi connectivity index (χ0) is 22.3. The fraction of sp³-hybridized carbons (Fsp3) is 0.160. The van der Waals surface area contributed by atoms with Gasteiger partial charge >= 0.3 is 0 Å². The molecule has 162 valence electrons. The van der Waals surface area contributed by atoms with Crippen molar-refractivity contribution in [2.24, 2.45) is 0 Å². The average molecular weight is 445 g/mol. The molecule has 4 rings (SSSR count). The number of hydrogen-bond donors (Lipinski definition) is 1. The van der Waals surface area contributed by atoms with Crippen LogP contribution in [0.2, 0.25) is 0 Å². The van der Waals surface area contributed by atoms with Gasteiger partial charge in [-0.15, -0.1) is 11.3 Å². The maximum atomic E-state index is 13.5. The van der Waals surface area contributed by atoms with Crippen LogP contribution in [0.5, 0.6) is 0 Å². The Labute approximate surface area is 191 Å². The molecule has 0 saturated carbocycles. The first-order chi connectivity index (χ1) is 15.7. The molecule has 0 fully saturated rings. The predicted molar refractivity (Wildman–Crippen MR) is 127 cm³/mol. The summed E-state index contributed by atoms with van der Waals surface area (Å²) in [5.74, 6) is -0.431. The van der Waals surface area contributed by atoms with Crippen LogP contribution in [0.4, 0.5) is 0 Å². The van der Waals surface area contributed by atoms with E-state index in [4.69, 9.17) is 5.10 Å². The lowest BCUT2D eigenvalue weighted by molar-refractivity contribution is -0.121. The van der Waals surface area contributed by atoms with Crippen LogP contribution in [-0.2, 0) is 11.3 Å². The highest BCUT2D eigenvalue weighted by Gasteiger charge is 2.23. The van der Waals surface area contributed by atoms with Gasteiger partial charge < -0.3 is 10.2 Å². The Bertz CT molecular complexity index is 1170. The molecule has 32 heavy (non-hydrogen) atoms. The van der Waals surface area contributed by atoms with Crippen molar-refractivity contribution in [3.8, 4) is 16.9 Å². The number of amides is 2. The molecule has 7 heteroatoms. The average Bonchev–Trinajstić information content (AvgIpc) is 3.52. The molecule has 2 heterocycles. The van der Waals surface area contributed by atoms with Gasteiger partial charge in [-0.3, -0.25) is 9.59 Å². The Morgan fingerprint density at radius 3 is 2.38 bits per heavy atom. The zero-order valence-corrected chi connectivity index (χ0v) is 18.6. The van der Waals surface area contributed by atoms with Gasteiger partial charge in [-0.2, -0.15) is 5.10 Å². The van der Waals surface area contributed by atoms with E-state index in [1.807, 2.05) is 85.1 Å². The third-order valence-electron chi connectivity index (χ3n) is 5.04. The van der Waals surface area contributed by atoms with Gasteiger partial charge in [-0.05, 0) is 36.6 Å². The van der Waals surface area contributed by atoms with Gasteiger partial charge in [-0.25, -0.2) is 4.68 Å². The van der Waals surface area contributed by atoms with Gasteiger partial charge in [0.1, 0.15) is 5.69 Å². The standard InChI is InChI=1S/C25H24N4O2S/c1-2-28(18-24(30)26-17-21-14-9-15-32-21)25(31)23-16-22(19-10-5-3-6-11-19)27-29(23)20-12-7-4-8-13-20/h3-16H,2,17-18H2,1H3,(H,26,30). The summed E-state index contributed by atoms with van der Waals surface area (Å²) in [6, 6.07) is 25.0. The lowest BCUT2D eigenvalue weighted by Gasteiger charge is -2.20. The van der Waals surface area contributed by atoms with Crippen molar-refractivity contribution in [3.63, 3.8) is 0 Å². The van der Waals surface area contributed by atoms with E-state index in [2.05, 4.69) is 5.32 Å². The first-order valence-electron chi connectivity index (χ1n) is 10.4. The van der Waals surface area contributed by atoms with E-state index in [0.29, 0.717) is 24.5 Å². The molecule has 6 nitrogen and oxygen atoms in total. The van der Waals surface area contributed by atoms with Gasteiger partial charge in [0, 0.05) is 17.0 Å². The summed E-state index contributed by atoms with van der Waals surface area (Å²) < 4.78 is 1.65. The van der Waals surface area contributed by atoms with Crippen LogP contribution in [0, 0.1) is 0 Å². The first-order valence-corrected chi connectivity index (χ1v) is 11.3. The molecule has 0 saturated heterocycles. The molecule has 0 unspecified atom stereocenters. The van der Waals surface area contributed by atoms with E-state index in [1.54, 1.807) is 22.1 Å². The summed E-state index contributed by atoms with van der Waals surface area (Å²) in [6.07, 6.45) is 0. The number of benzene rings is 2. The van der Waals surface area contributed by atoms with E-state index in [-0.39, 0.29) is 18.4 Å². The zero-order valence-electron chi connectivity index (χ0n) is 17.8. The summed E-state index contributed by atoms with van der Waals surface area (Å²) in [5.41, 5.74) is 2.84. The van der Waals surface area contributed by atoms with E-state index in [0.717, 1.165) is 16.1 Å². The molecule has 4 aromatic rings. The lowest BCUT2D eigenvalue weighted by atomic mass is 10.1. The van der Waals surface area contributed by atoms with Gasteiger partial charge in [0.2, 0.25) is 5.91 Å². The van der Waals surface area contributed by atoms with Gasteiger partial charge in [0.25, 0.3) is 5.91 Å². The highest BCUT2D eigenvalue weighted by molar-refractivity contribution is 7.09. The highest BCUT2D eigenvalue weighted by atomic mass is 32.1. The first kappa shape index (κ1) is 21.5. The number of thiophene rings is 1. The van der Waals surface area contributed by atoms with Crippen LogP contribution in [0.1, 0.15) is 22.3 Å². The van der Waals surface area contributed by atoms with E-state index >= 15 is 0 Å². The number of hydrogen-bond acceptors (Lipinski definition) is 4. The molecule has 0 bridgehead atoms. The molecule has 1 N–H and O–H groups in total. The van der Waals surface area contributed by atoms with Crippen molar-refractivity contribution < 1.29 is 9.59 Å². The second kappa shape index (κ2) is 10.1. The van der Waals surface area contributed by atoms with Crippen molar-refractivity contribution in [1.29, 1.82) is 0 Å². The number of para-hydroxylation sites is 1. The summed E-state index contributed by atoms with van der Waals surface area (Å²) in [7, 11) is 0. The third-order valence-corrected chi connectivity index (χ3v) is 5.92. The van der Waals surface area contributed by atoms with Gasteiger partial charge in [0.05, 0.1) is 24.5 Å². The summed E-state index contributed by atoms with van der Waals surface area (Å²) >= 11 is 1.59. The second-order valence-electron chi connectivity index (χ2n) is 7.20. The molecule has 0 aliphatic heterocycles. The fourth-order valence-electron chi connectivity index (χ4n) is 3.37. The molecule has 2 aromatic carbocycles. The fourth-order valence-corrected chi connectivity index (χ4v) is 4.01. The minimum absolute atomic E-state index is 0.0126. The molecular formula is C25H24N4O2S. The smallest absolute Gasteiger partial charge is 0.273 e. The van der Waals surface area contributed by atoms with E-state index in [9.17, 15) is 9.59 Å². The molecule has 2 amide bonds. The number of nitrogens with zero attached hydrogens (tertiary/aromatic N) is 3. The summed E-state index contributed by atoms with van der Waals surface area (Å²) in [4.78, 5) is 28.6. The van der Waals surface area contributed by atoms with Crippen molar-refractivity contribution in [3.05, 3.63) is 94.8 Å². The Morgan fingerprint density at radius 1 is 1.00 bits per heavy atom. The van der Waals surface area contributed by atoms with Crippen LogP contribution in [0.3, 0.4) is 0 Å². The maximum absolute atomic E-state index is 13.5. The van der Waals surface area contributed by atoms with Gasteiger partial charge in [-0.1, -0.05) is 54.6 Å². The lowest BCUT2D eigenvalue weighted by Crippen LogP contribution is -2.41. The maximum Gasteiger partial charge on any atom is 0.273 e. The van der Waals surface area contributed by atoms with Gasteiger partial charge in [0.15, 0.2) is 0 Å². The number of carbonyl (C=O) groups excluding carboxylic acids is 2. The highest BCUT2D eigenvalue weighted by Crippen LogP contribution is 2.22. The van der Waals surface area contributed by atoms with Crippen LogP contribution < -0.4 is 5.32 Å². The van der Waals surface area contributed by atoms with Crippen molar-refractivity contribution in [2.75, 3.05) is 13.1 Å². The van der Waals surface area contributed by atoms with Crippen molar-refractivity contribution >= 4 is 23.2 Å². The van der Waals surface area contributed by atoms with Crippen molar-refractivity contribution in [1.82, 2.24) is 20.0 Å². The largest absolute Gasteiger partial charge is 0.350 e. The molecule has 0 aliphatic carbocycles. The molecule has 0 atom stereocenters. The molecule has 0 radical (unpaired) electrons. The van der Waals surface area contributed by atoms with Crippen LogP contribution in [0.25, 0.3) is 16.9 Å². The Hall–Kier alpha value is -3.71. The predicted octanol–water partition coefficient (Wildman–Crippen LogP) is 4.38. The van der Waals surface area contributed by atoms with Crippen LogP contribution >= 0.6 is 11.3 Å². The number of likely N-dealkylation sites (N-methyl/N-ethyl adjacent to an activating group) is 1. The Morgan fingerprint density at radius 2 is 1.72 bits per heavy atom. The Balaban J connectivity index is 1.59. The monoisotopic (exact) mass is 444 g/mol. The van der Waals surface area contributed by atoms with Crippen molar-refractivity contribution in [2.45, 2.75) is 13.5 Å². The molecular weight excluding hydrogens is 420 g/mol. The molecule has 0 aliphatic rings. The number of aromatic nitrogens is 2. The number of rotatable bonds is 8. The quantitative estimate of drug-likeness (QED) is 0.439. The SMILES string of the molecule is CCN(CC(=O)NCc1cccs1)C(=O)c1cc(-c2ccccc2)nn1-c1ccccc1. The van der Waals surface area contributed by atoms with Crippen LogP contribution in [-0.4, -0.2) is 39.6 Å².